The molecule has 0 spiro atoms. The second kappa shape index (κ2) is 6.30. The van der Waals surface area contributed by atoms with Crippen LogP contribution in [0.25, 0.3) is 0 Å². The van der Waals surface area contributed by atoms with Gasteiger partial charge in [0.2, 0.25) is 5.95 Å². The van der Waals surface area contributed by atoms with Crippen LogP contribution in [0.2, 0.25) is 0 Å². The van der Waals surface area contributed by atoms with Gasteiger partial charge in [0.05, 0.1) is 23.5 Å². The standard InChI is InChI=1S/C15H18N4O2/c1-4-19(9-12-7-5-6-10(2)17-12)15-16-8-13(14(20)21)11(3)18-15/h5-8H,4,9H2,1-3H3,(H,20,21). The van der Waals surface area contributed by atoms with Crippen molar-refractivity contribution >= 4 is 11.9 Å². The Hall–Kier alpha value is -2.50. The Labute approximate surface area is 123 Å². The van der Waals surface area contributed by atoms with E-state index < -0.39 is 5.97 Å². The molecule has 0 fully saturated rings. The monoisotopic (exact) mass is 286 g/mol. The maximum absolute atomic E-state index is 11.0. The van der Waals surface area contributed by atoms with E-state index in [1.165, 1.54) is 6.20 Å². The number of carboxylic acid groups (broad SMARTS) is 1. The van der Waals surface area contributed by atoms with E-state index >= 15 is 0 Å². The smallest absolute Gasteiger partial charge is 0.339 e. The van der Waals surface area contributed by atoms with Crippen LogP contribution in [0.5, 0.6) is 0 Å². The van der Waals surface area contributed by atoms with Crippen LogP contribution in [0.15, 0.2) is 24.4 Å². The Bertz CT molecular complexity index is 658. The van der Waals surface area contributed by atoms with Crippen molar-refractivity contribution < 1.29 is 9.90 Å². The van der Waals surface area contributed by atoms with Gasteiger partial charge in [-0.15, -0.1) is 0 Å². The Kier molecular flexibility index (Phi) is 4.47. The maximum Gasteiger partial charge on any atom is 0.339 e. The van der Waals surface area contributed by atoms with E-state index in [4.69, 9.17) is 5.11 Å². The highest BCUT2D eigenvalue weighted by Crippen LogP contribution is 2.14. The van der Waals surface area contributed by atoms with Gasteiger partial charge in [0.25, 0.3) is 0 Å². The van der Waals surface area contributed by atoms with E-state index in [1.54, 1.807) is 6.92 Å². The molecule has 0 aromatic carbocycles. The number of carbonyl (C=O) groups is 1. The first-order valence-corrected chi connectivity index (χ1v) is 6.75. The summed E-state index contributed by atoms with van der Waals surface area (Å²) in [6.45, 7) is 6.92. The van der Waals surface area contributed by atoms with Crippen molar-refractivity contribution in [3.8, 4) is 0 Å². The zero-order valence-corrected chi connectivity index (χ0v) is 12.4. The maximum atomic E-state index is 11.0. The van der Waals surface area contributed by atoms with E-state index in [2.05, 4.69) is 15.0 Å². The van der Waals surface area contributed by atoms with E-state index in [0.29, 0.717) is 24.7 Å². The molecular formula is C15H18N4O2. The molecule has 110 valence electrons. The number of aromatic nitrogens is 3. The molecule has 0 atom stereocenters. The van der Waals surface area contributed by atoms with Crippen LogP contribution in [0.3, 0.4) is 0 Å². The van der Waals surface area contributed by atoms with Gasteiger partial charge in [-0.1, -0.05) is 6.07 Å². The topological polar surface area (TPSA) is 79.2 Å². The van der Waals surface area contributed by atoms with Crippen molar-refractivity contribution in [3.63, 3.8) is 0 Å². The first kappa shape index (κ1) is 14.9. The lowest BCUT2D eigenvalue weighted by Crippen LogP contribution is -2.25. The van der Waals surface area contributed by atoms with Crippen molar-refractivity contribution in [2.45, 2.75) is 27.3 Å². The molecule has 2 heterocycles. The second-order valence-electron chi connectivity index (χ2n) is 4.76. The van der Waals surface area contributed by atoms with Crippen LogP contribution in [0.1, 0.15) is 34.4 Å². The Morgan fingerprint density at radius 2 is 2.05 bits per heavy atom. The van der Waals surface area contributed by atoms with Gasteiger partial charge in [-0.2, -0.15) is 0 Å². The molecular weight excluding hydrogens is 268 g/mol. The third-order valence-electron chi connectivity index (χ3n) is 3.16. The van der Waals surface area contributed by atoms with Crippen LogP contribution < -0.4 is 4.90 Å². The zero-order chi connectivity index (χ0) is 15.4. The van der Waals surface area contributed by atoms with E-state index in [0.717, 1.165) is 11.4 Å². The van der Waals surface area contributed by atoms with Crippen LogP contribution >= 0.6 is 0 Å². The average Bonchev–Trinajstić information content (AvgIpc) is 2.44. The van der Waals surface area contributed by atoms with Gasteiger partial charge < -0.3 is 10.0 Å². The van der Waals surface area contributed by atoms with Crippen molar-refractivity contribution in [1.29, 1.82) is 0 Å². The molecule has 0 aliphatic carbocycles. The van der Waals surface area contributed by atoms with Gasteiger partial charge in [-0.3, -0.25) is 4.98 Å². The molecule has 0 saturated carbocycles. The fourth-order valence-electron chi connectivity index (χ4n) is 2.02. The Morgan fingerprint density at radius 1 is 1.29 bits per heavy atom. The highest BCUT2D eigenvalue weighted by atomic mass is 16.4. The fraction of sp³-hybridized carbons (Fsp3) is 0.333. The van der Waals surface area contributed by atoms with Gasteiger partial charge in [0.1, 0.15) is 0 Å². The number of aryl methyl sites for hydroxylation is 2. The molecule has 6 heteroatoms. The van der Waals surface area contributed by atoms with Gasteiger partial charge in [-0.05, 0) is 32.9 Å². The molecule has 0 aliphatic rings. The summed E-state index contributed by atoms with van der Waals surface area (Å²) in [7, 11) is 0. The number of rotatable bonds is 5. The fourth-order valence-corrected chi connectivity index (χ4v) is 2.02. The summed E-state index contributed by atoms with van der Waals surface area (Å²) in [5, 5.41) is 9.01. The second-order valence-corrected chi connectivity index (χ2v) is 4.76. The molecule has 2 aromatic heterocycles. The number of carboxylic acids is 1. The number of anilines is 1. The molecule has 0 aliphatic heterocycles. The van der Waals surface area contributed by atoms with Crippen molar-refractivity contribution in [2.24, 2.45) is 0 Å². The number of hydrogen-bond acceptors (Lipinski definition) is 5. The summed E-state index contributed by atoms with van der Waals surface area (Å²) in [5.41, 5.74) is 2.48. The van der Waals surface area contributed by atoms with E-state index in [1.807, 2.05) is 36.9 Å². The molecule has 2 rings (SSSR count). The molecule has 21 heavy (non-hydrogen) atoms. The summed E-state index contributed by atoms with van der Waals surface area (Å²) >= 11 is 0. The third kappa shape index (κ3) is 3.53. The molecule has 0 bridgehead atoms. The minimum atomic E-state index is -1.01. The highest BCUT2D eigenvalue weighted by molar-refractivity contribution is 5.88. The van der Waals surface area contributed by atoms with Crippen molar-refractivity contribution in [1.82, 2.24) is 15.0 Å². The molecule has 2 aromatic rings. The quantitative estimate of drug-likeness (QED) is 0.907. The summed E-state index contributed by atoms with van der Waals surface area (Å²) < 4.78 is 0. The van der Waals surface area contributed by atoms with Gasteiger partial charge in [0, 0.05) is 18.4 Å². The van der Waals surface area contributed by atoms with Gasteiger partial charge >= 0.3 is 5.97 Å². The van der Waals surface area contributed by atoms with Crippen LogP contribution in [-0.4, -0.2) is 32.6 Å². The van der Waals surface area contributed by atoms with Crippen molar-refractivity contribution in [2.75, 3.05) is 11.4 Å². The third-order valence-corrected chi connectivity index (χ3v) is 3.16. The predicted molar refractivity (Wildman–Crippen MR) is 79.4 cm³/mol. The normalized spacial score (nSPS) is 10.4. The lowest BCUT2D eigenvalue weighted by atomic mass is 10.2. The lowest BCUT2D eigenvalue weighted by Gasteiger charge is -2.21. The number of pyridine rings is 1. The van der Waals surface area contributed by atoms with Crippen LogP contribution in [-0.2, 0) is 6.54 Å². The largest absolute Gasteiger partial charge is 0.478 e. The van der Waals surface area contributed by atoms with Gasteiger partial charge in [-0.25, -0.2) is 14.8 Å². The Morgan fingerprint density at radius 3 is 2.62 bits per heavy atom. The first-order chi connectivity index (χ1) is 10.0. The summed E-state index contributed by atoms with van der Waals surface area (Å²) in [6, 6.07) is 5.86. The average molecular weight is 286 g/mol. The lowest BCUT2D eigenvalue weighted by molar-refractivity contribution is 0.0695. The number of aromatic carboxylic acids is 1. The molecule has 0 amide bonds. The summed E-state index contributed by atoms with van der Waals surface area (Å²) in [5.74, 6) is -0.495. The van der Waals surface area contributed by atoms with Crippen LogP contribution in [0, 0.1) is 13.8 Å². The minimum Gasteiger partial charge on any atom is -0.478 e. The molecule has 6 nitrogen and oxygen atoms in total. The van der Waals surface area contributed by atoms with Crippen molar-refractivity contribution in [3.05, 3.63) is 47.0 Å². The predicted octanol–water partition coefficient (Wildman–Crippen LogP) is 2.21. The minimum absolute atomic E-state index is 0.128. The van der Waals surface area contributed by atoms with Gasteiger partial charge in [0.15, 0.2) is 0 Å². The zero-order valence-electron chi connectivity index (χ0n) is 12.4. The molecule has 0 radical (unpaired) electrons. The van der Waals surface area contributed by atoms with E-state index in [-0.39, 0.29) is 5.56 Å². The van der Waals surface area contributed by atoms with Crippen LogP contribution in [0.4, 0.5) is 5.95 Å². The number of nitrogens with zero attached hydrogens (tertiary/aromatic N) is 4. The SMILES string of the molecule is CCN(Cc1cccc(C)n1)c1ncc(C(=O)O)c(C)n1. The molecule has 0 unspecified atom stereocenters. The summed E-state index contributed by atoms with van der Waals surface area (Å²) in [4.78, 5) is 25.9. The first-order valence-electron chi connectivity index (χ1n) is 6.75. The van der Waals surface area contributed by atoms with E-state index in [9.17, 15) is 4.79 Å². The molecule has 0 saturated heterocycles. The summed E-state index contributed by atoms with van der Waals surface area (Å²) in [6.07, 6.45) is 1.35. The number of hydrogen-bond donors (Lipinski definition) is 1. The Balaban J connectivity index is 2.25. The highest BCUT2D eigenvalue weighted by Gasteiger charge is 2.14. The molecule has 1 N–H and O–H groups in total.